The molecule has 0 aliphatic carbocycles. The Hall–Kier alpha value is -4.18. The van der Waals surface area contributed by atoms with E-state index in [2.05, 4.69) is 32.6 Å². The minimum Gasteiger partial charge on any atom is -0.493 e. The third-order valence-electron chi connectivity index (χ3n) is 5.67. The number of H-pyrrole nitrogens is 1. The third-order valence-corrected chi connectivity index (χ3v) is 5.67. The van der Waals surface area contributed by atoms with Crippen molar-refractivity contribution in [1.82, 2.24) is 19.7 Å². The number of anilines is 2. The SMILES string of the molecule is CCCc1nn(C)c2c(=O)[nH]c(-c3cc(NC(=NCCCO)Nc4ccccc4)ccc3OCC)nc12. The predicted molar refractivity (Wildman–Crippen MR) is 147 cm³/mol. The van der Waals surface area contributed by atoms with Gasteiger partial charge in [-0.2, -0.15) is 5.10 Å². The molecule has 0 unspecified atom stereocenters. The van der Waals surface area contributed by atoms with Crippen LogP contribution in [0.1, 0.15) is 32.4 Å². The van der Waals surface area contributed by atoms with Crippen molar-refractivity contribution in [3.05, 3.63) is 64.6 Å². The molecule has 0 spiro atoms. The number of nitrogens with one attached hydrogen (secondary N) is 3. The molecule has 0 radical (unpaired) electrons. The highest BCUT2D eigenvalue weighted by atomic mass is 16.5. The van der Waals surface area contributed by atoms with Gasteiger partial charge in [-0.15, -0.1) is 0 Å². The van der Waals surface area contributed by atoms with E-state index in [0.717, 1.165) is 29.9 Å². The molecule has 37 heavy (non-hydrogen) atoms. The van der Waals surface area contributed by atoms with Crippen LogP contribution in [0, 0.1) is 0 Å². The Labute approximate surface area is 215 Å². The third kappa shape index (κ3) is 6.15. The molecule has 0 aliphatic heterocycles. The molecular weight excluding hydrogens is 470 g/mol. The van der Waals surface area contributed by atoms with E-state index in [9.17, 15) is 9.90 Å². The Kier molecular flexibility index (Phi) is 8.52. The number of ether oxygens (including phenoxy) is 1. The second-order valence-corrected chi connectivity index (χ2v) is 8.50. The number of aromatic nitrogens is 4. The van der Waals surface area contributed by atoms with Crippen molar-refractivity contribution in [2.45, 2.75) is 33.1 Å². The van der Waals surface area contributed by atoms with Gasteiger partial charge < -0.3 is 25.5 Å². The van der Waals surface area contributed by atoms with E-state index in [0.29, 0.717) is 53.7 Å². The highest BCUT2D eigenvalue weighted by Gasteiger charge is 2.18. The zero-order valence-corrected chi connectivity index (χ0v) is 21.4. The average Bonchev–Trinajstić information content (AvgIpc) is 3.21. The van der Waals surface area contributed by atoms with Gasteiger partial charge in [0.1, 0.15) is 17.1 Å². The fourth-order valence-corrected chi connectivity index (χ4v) is 4.02. The van der Waals surface area contributed by atoms with Crippen molar-refractivity contribution in [2.24, 2.45) is 12.0 Å². The smallest absolute Gasteiger partial charge is 0.277 e. The fraction of sp³-hybridized carbons (Fsp3) is 0.333. The highest BCUT2D eigenvalue weighted by molar-refractivity contribution is 6.04. The predicted octanol–water partition coefficient (Wildman–Crippen LogP) is 3.94. The molecule has 4 rings (SSSR count). The van der Waals surface area contributed by atoms with Crippen LogP contribution >= 0.6 is 0 Å². The lowest BCUT2D eigenvalue weighted by Crippen LogP contribution is -2.22. The van der Waals surface area contributed by atoms with E-state index in [1.165, 1.54) is 0 Å². The Balaban J connectivity index is 1.74. The lowest BCUT2D eigenvalue weighted by atomic mass is 10.1. The van der Waals surface area contributed by atoms with Crippen LogP contribution < -0.4 is 20.9 Å². The number of para-hydroxylation sites is 1. The first kappa shape index (κ1) is 25.9. The number of fused-ring (bicyclic) bond motifs is 1. The monoisotopic (exact) mass is 503 g/mol. The molecule has 0 atom stereocenters. The lowest BCUT2D eigenvalue weighted by Gasteiger charge is -2.15. The summed E-state index contributed by atoms with van der Waals surface area (Å²) in [6, 6.07) is 15.3. The molecule has 0 saturated heterocycles. The number of aryl methyl sites for hydroxylation is 2. The summed E-state index contributed by atoms with van der Waals surface area (Å²) in [4.78, 5) is 25.3. The average molecular weight is 504 g/mol. The molecule has 0 aliphatic rings. The quantitative estimate of drug-likeness (QED) is 0.147. The Bertz CT molecular complexity index is 1430. The van der Waals surface area contributed by atoms with Crippen LogP contribution in [0.15, 0.2) is 58.3 Å². The summed E-state index contributed by atoms with van der Waals surface area (Å²) < 4.78 is 7.46. The summed E-state index contributed by atoms with van der Waals surface area (Å²) in [5.74, 6) is 1.54. The largest absolute Gasteiger partial charge is 0.493 e. The van der Waals surface area contributed by atoms with Crippen molar-refractivity contribution in [1.29, 1.82) is 0 Å². The Morgan fingerprint density at radius 1 is 1.14 bits per heavy atom. The summed E-state index contributed by atoms with van der Waals surface area (Å²) >= 11 is 0. The van der Waals surface area contributed by atoms with Gasteiger partial charge in [0.05, 0.1) is 17.9 Å². The standard InChI is InChI=1S/C27H33N7O3/c1-4-10-21-23-24(34(3)33-21)26(36)32-25(31-23)20-17-19(13-14-22(20)37-5-2)30-27(28-15-9-16-35)29-18-11-7-6-8-12-18/h6-8,11-14,17,35H,4-5,9-10,15-16H2,1-3H3,(H2,28,29,30)(H,31,32,36). The number of rotatable bonds is 10. The van der Waals surface area contributed by atoms with Crippen molar-refractivity contribution >= 4 is 28.4 Å². The van der Waals surface area contributed by atoms with E-state index in [4.69, 9.17) is 9.72 Å². The maximum atomic E-state index is 13.0. The van der Waals surface area contributed by atoms with Gasteiger partial charge in [-0.1, -0.05) is 31.5 Å². The molecule has 2 heterocycles. The number of nitrogens with zero attached hydrogens (tertiary/aromatic N) is 4. The van der Waals surface area contributed by atoms with Crippen LogP contribution in [-0.2, 0) is 13.5 Å². The van der Waals surface area contributed by atoms with Gasteiger partial charge in [0.15, 0.2) is 11.5 Å². The Morgan fingerprint density at radius 2 is 1.92 bits per heavy atom. The van der Waals surface area contributed by atoms with Gasteiger partial charge in [-0.25, -0.2) is 4.98 Å². The maximum Gasteiger partial charge on any atom is 0.277 e. The van der Waals surface area contributed by atoms with Gasteiger partial charge in [0.2, 0.25) is 0 Å². The highest BCUT2D eigenvalue weighted by Crippen LogP contribution is 2.31. The second kappa shape index (κ2) is 12.2. The molecule has 0 saturated carbocycles. The van der Waals surface area contributed by atoms with Crippen molar-refractivity contribution in [3.63, 3.8) is 0 Å². The van der Waals surface area contributed by atoms with E-state index < -0.39 is 0 Å². The van der Waals surface area contributed by atoms with Crippen molar-refractivity contribution < 1.29 is 9.84 Å². The zero-order valence-electron chi connectivity index (χ0n) is 21.4. The number of guanidine groups is 1. The molecule has 10 heteroatoms. The first-order valence-electron chi connectivity index (χ1n) is 12.5. The van der Waals surface area contributed by atoms with Crippen LogP contribution in [0.4, 0.5) is 11.4 Å². The van der Waals surface area contributed by atoms with Crippen molar-refractivity contribution in [2.75, 3.05) is 30.4 Å². The summed E-state index contributed by atoms with van der Waals surface area (Å²) in [6.45, 7) is 4.95. The summed E-state index contributed by atoms with van der Waals surface area (Å²) in [5, 5.41) is 20.3. The number of benzene rings is 2. The zero-order chi connectivity index (χ0) is 26.2. The van der Waals surface area contributed by atoms with Gasteiger partial charge in [-0.05, 0) is 50.1 Å². The van der Waals surface area contributed by atoms with E-state index in [1.807, 2.05) is 55.5 Å². The number of hydrogen-bond acceptors (Lipinski definition) is 6. The molecule has 0 fully saturated rings. The van der Waals surface area contributed by atoms with Gasteiger partial charge >= 0.3 is 0 Å². The van der Waals surface area contributed by atoms with Crippen LogP contribution in [0.2, 0.25) is 0 Å². The minimum atomic E-state index is -0.254. The van der Waals surface area contributed by atoms with Gasteiger partial charge in [-0.3, -0.25) is 14.5 Å². The van der Waals surface area contributed by atoms with E-state index in [1.54, 1.807) is 11.7 Å². The molecule has 2 aromatic heterocycles. The Morgan fingerprint density at radius 3 is 2.65 bits per heavy atom. The molecular formula is C27H33N7O3. The second-order valence-electron chi connectivity index (χ2n) is 8.50. The number of aliphatic hydroxyl groups excluding tert-OH is 1. The van der Waals surface area contributed by atoms with Crippen molar-refractivity contribution in [3.8, 4) is 17.1 Å². The first-order chi connectivity index (χ1) is 18.0. The van der Waals surface area contributed by atoms with E-state index >= 15 is 0 Å². The molecule has 0 amide bonds. The molecule has 4 N–H and O–H groups in total. The summed E-state index contributed by atoms with van der Waals surface area (Å²) in [6.07, 6.45) is 2.17. The normalized spacial score (nSPS) is 11.6. The topological polar surface area (TPSA) is 129 Å². The van der Waals surface area contributed by atoms with Crippen LogP contribution in [0.25, 0.3) is 22.4 Å². The molecule has 2 aromatic carbocycles. The number of aromatic amines is 1. The lowest BCUT2D eigenvalue weighted by molar-refractivity contribution is 0.291. The van der Waals surface area contributed by atoms with Crippen LogP contribution in [0.3, 0.4) is 0 Å². The maximum absolute atomic E-state index is 13.0. The molecule has 10 nitrogen and oxygen atoms in total. The van der Waals surface area contributed by atoms with Gasteiger partial charge in [0, 0.05) is 31.6 Å². The van der Waals surface area contributed by atoms with Crippen LogP contribution in [-0.4, -0.2) is 50.6 Å². The van der Waals surface area contributed by atoms with Gasteiger partial charge in [0.25, 0.3) is 5.56 Å². The number of hydrogen-bond donors (Lipinski definition) is 4. The molecule has 194 valence electrons. The summed E-state index contributed by atoms with van der Waals surface area (Å²) in [5.41, 5.74) is 3.84. The molecule has 4 aromatic rings. The van der Waals surface area contributed by atoms with E-state index in [-0.39, 0.29) is 12.2 Å². The number of aliphatic imine (C=N–C) groups is 1. The minimum absolute atomic E-state index is 0.0607. The summed E-state index contributed by atoms with van der Waals surface area (Å²) in [7, 11) is 1.76. The number of aliphatic hydroxyl groups is 1. The first-order valence-corrected chi connectivity index (χ1v) is 12.5. The fourth-order valence-electron chi connectivity index (χ4n) is 4.02. The molecule has 0 bridgehead atoms. The van der Waals surface area contributed by atoms with Crippen LogP contribution in [0.5, 0.6) is 5.75 Å².